The fourth-order valence-corrected chi connectivity index (χ4v) is 4.54. The van der Waals surface area contributed by atoms with Gasteiger partial charge in [0, 0.05) is 19.7 Å². The fraction of sp³-hybridized carbons (Fsp3) is 0.407. The van der Waals surface area contributed by atoms with Crippen molar-refractivity contribution in [3.8, 4) is 5.75 Å². The molecule has 1 saturated heterocycles. The van der Waals surface area contributed by atoms with Crippen molar-refractivity contribution in [2.24, 2.45) is 5.92 Å². The van der Waals surface area contributed by atoms with E-state index in [0.717, 1.165) is 37.0 Å². The van der Waals surface area contributed by atoms with E-state index in [1.54, 1.807) is 0 Å². The second-order valence-corrected chi connectivity index (χ2v) is 8.70. The molecule has 0 aromatic heterocycles. The van der Waals surface area contributed by atoms with Crippen LogP contribution in [0.3, 0.4) is 0 Å². The van der Waals surface area contributed by atoms with Crippen molar-refractivity contribution in [1.82, 2.24) is 4.90 Å². The van der Waals surface area contributed by atoms with E-state index >= 15 is 0 Å². The predicted molar refractivity (Wildman–Crippen MR) is 129 cm³/mol. The van der Waals surface area contributed by atoms with Gasteiger partial charge in [-0.25, -0.2) is 4.90 Å². The van der Waals surface area contributed by atoms with Crippen molar-refractivity contribution in [2.75, 3.05) is 31.2 Å². The topological polar surface area (TPSA) is 70.1 Å². The Morgan fingerprint density at radius 1 is 1.00 bits per heavy atom. The Kier molecular flexibility index (Phi) is 7.14. The molecule has 2 aliphatic rings. The highest BCUT2D eigenvalue weighted by Crippen LogP contribution is 2.37. The molecule has 0 saturated carbocycles. The monoisotopic (exact) mass is 448 g/mol. The molecule has 0 spiro atoms. The molecule has 2 amide bonds. The number of ether oxygens (including phenoxy) is 1. The van der Waals surface area contributed by atoms with Crippen LogP contribution in [0.25, 0.3) is 5.57 Å². The maximum Gasteiger partial charge on any atom is 0.282 e. The van der Waals surface area contributed by atoms with Crippen LogP contribution in [0.5, 0.6) is 5.75 Å². The van der Waals surface area contributed by atoms with E-state index in [-0.39, 0.29) is 24.3 Å². The van der Waals surface area contributed by atoms with Gasteiger partial charge in [-0.2, -0.15) is 0 Å². The first-order valence-corrected chi connectivity index (χ1v) is 11.9. The average Bonchev–Trinajstić information content (AvgIpc) is 3.12. The van der Waals surface area contributed by atoms with Crippen LogP contribution in [0.15, 0.2) is 54.2 Å². The lowest BCUT2D eigenvalue weighted by atomic mass is 9.97. The zero-order valence-electron chi connectivity index (χ0n) is 19.4. The molecule has 1 atom stereocenters. The van der Waals surface area contributed by atoms with E-state index < -0.39 is 0 Å². The van der Waals surface area contributed by atoms with Crippen LogP contribution in [0.1, 0.15) is 44.2 Å². The predicted octanol–water partition coefficient (Wildman–Crippen LogP) is 4.03. The Morgan fingerprint density at radius 3 is 2.36 bits per heavy atom. The van der Waals surface area contributed by atoms with Crippen molar-refractivity contribution >= 4 is 23.1 Å². The van der Waals surface area contributed by atoms with Gasteiger partial charge in [0.15, 0.2) is 0 Å². The molecular weight excluding hydrogens is 416 g/mol. The molecule has 2 aromatic carbocycles. The molecule has 0 bridgehead atoms. The minimum Gasteiger partial charge on any atom is -0.494 e. The number of aryl methyl sites for hydroxylation is 1. The summed E-state index contributed by atoms with van der Waals surface area (Å²) >= 11 is 0. The second kappa shape index (κ2) is 10.2. The molecule has 1 fully saturated rings. The third kappa shape index (κ3) is 4.67. The van der Waals surface area contributed by atoms with Crippen LogP contribution < -0.4 is 9.64 Å². The van der Waals surface area contributed by atoms with E-state index in [1.165, 1.54) is 4.90 Å². The van der Waals surface area contributed by atoms with Crippen molar-refractivity contribution in [2.45, 2.75) is 39.5 Å². The maximum atomic E-state index is 13.7. The number of carbonyl (C=O) groups is 2. The molecule has 0 radical (unpaired) electrons. The van der Waals surface area contributed by atoms with Crippen molar-refractivity contribution in [3.63, 3.8) is 0 Å². The summed E-state index contributed by atoms with van der Waals surface area (Å²) in [5.74, 6) is 0.222. The van der Waals surface area contributed by atoms with Crippen molar-refractivity contribution < 1.29 is 19.4 Å². The third-order valence-electron chi connectivity index (χ3n) is 6.37. The number of imide groups is 1. The number of piperidine rings is 1. The number of carbonyl (C=O) groups excluding carboxylic acids is 2. The molecular formula is C27H32N2O4. The number of nitrogens with zero attached hydrogens (tertiary/aromatic N) is 2. The van der Waals surface area contributed by atoms with E-state index in [9.17, 15) is 14.7 Å². The highest BCUT2D eigenvalue weighted by Gasteiger charge is 2.43. The van der Waals surface area contributed by atoms with Gasteiger partial charge < -0.3 is 14.7 Å². The third-order valence-corrected chi connectivity index (χ3v) is 6.37. The molecule has 33 heavy (non-hydrogen) atoms. The number of aliphatic hydroxyl groups is 1. The fourth-order valence-electron chi connectivity index (χ4n) is 4.54. The summed E-state index contributed by atoms with van der Waals surface area (Å²) in [6, 6.07) is 15.0. The van der Waals surface area contributed by atoms with Crippen LogP contribution in [0.4, 0.5) is 5.69 Å². The first-order chi connectivity index (χ1) is 16.1. The molecule has 6 nitrogen and oxygen atoms in total. The van der Waals surface area contributed by atoms with Gasteiger partial charge in [-0.15, -0.1) is 0 Å². The van der Waals surface area contributed by atoms with Crippen molar-refractivity contribution in [3.05, 3.63) is 65.4 Å². The lowest BCUT2D eigenvalue weighted by molar-refractivity contribution is -0.120. The molecule has 1 N–H and O–H groups in total. The van der Waals surface area contributed by atoms with E-state index in [0.29, 0.717) is 42.2 Å². The van der Waals surface area contributed by atoms with Gasteiger partial charge in [-0.1, -0.05) is 38.1 Å². The number of likely N-dealkylation sites (tertiary alicyclic amines) is 1. The lowest BCUT2D eigenvalue weighted by Crippen LogP contribution is -2.40. The number of rotatable bonds is 8. The number of amides is 2. The maximum absolute atomic E-state index is 13.7. The van der Waals surface area contributed by atoms with Crippen LogP contribution in [0.2, 0.25) is 0 Å². The first kappa shape index (κ1) is 23.1. The minimum absolute atomic E-state index is 0.0763. The number of benzene rings is 2. The van der Waals surface area contributed by atoms with Gasteiger partial charge in [0.05, 0.1) is 17.9 Å². The highest BCUT2D eigenvalue weighted by molar-refractivity contribution is 6.45. The van der Waals surface area contributed by atoms with Crippen molar-refractivity contribution in [1.29, 1.82) is 0 Å². The lowest BCUT2D eigenvalue weighted by Gasteiger charge is -2.34. The highest BCUT2D eigenvalue weighted by atomic mass is 16.5. The Hall–Kier alpha value is -3.12. The number of hydrogen-bond donors (Lipinski definition) is 1. The molecule has 6 heteroatoms. The first-order valence-electron chi connectivity index (χ1n) is 11.9. The summed E-state index contributed by atoms with van der Waals surface area (Å²) in [6.45, 7) is 6.08. The number of aliphatic hydroxyl groups excluding tert-OH is 1. The molecule has 1 unspecified atom stereocenters. The quantitative estimate of drug-likeness (QED) is 0.618. The summed E-state index contributed by atoms with van der Waals surface area (Å²) in [6.07, 6.45) is 3.60. The summed E-state index contributed by atoms with van der Waals surface area (Å²) < 4.78 is 5.69. The van der Waals surface area contributed by atoms with Gasteiger partial charge in [0.25, 0.3) is 11.8 Å². The molecule has 2 aromatic rings. The second-order valence-electron chi connectivity index (χ2n) is 8.70. The van der Waals surface area contributed by atoms with Crippen LogP contribution >= 0.6 is 0 Å². The molecule has 0 aliphatic carbocycles. The van der Waals surface area contributed by atoms with Crippen LogP contribution in [-0.4, -0.2) is 48.1 Å². The standard InChI is InChI=1S/C27H32N2O4/c1-3-16-33-23-13-9-21(10-14-23)24-25(28-15-5-6-20(17-28)18-30)27(32)29(26(24)31)22-11-7-19(4-2)8-12-22/h7-14,20,30H,3-6,15-18H2,1-2H3. The molecule has 2 aliphatic heterocycles. The number of hydrogen-bond acceptors (Lipinski definition) is 5. The normalized spacial score (nSPS) is 18.9. The average molecular weight is 449 g/mol. The summed E-state index contributed by atoms with van der Waals surface area (Å²) in [5, 5.41) is 9.71. The molecule has 2 heterocycles. The Balaban J connectivity index is 1.73. The zero-order valence-corrected chi connectivity index (χ0v) is 19.4. The molecule has 174 valence electrons. The summed E-state index contributed by atoms with van der Waals surface area (Å²) in [7, 11) is 0. The minimum atomic E-state index is -0.312. The SMILES string of the molecule is CCCOc1ccc(C2=C(N3CCCC(CO)C3)C(=O)N(c3ccc(CC)cc3)C2=O)cc1. The van der Waals surface area contributed by atoms with E-state index in [4.69, 9.17) is 4.74 Å². The van der Waals surface area contributed by atoms with Gasteiger partial charge in [-0.3, -0.25) is 9.59 Å². The van der Waals surface area contributed by atoms with Gasteiger partial charge in [-0.05, 0) is 67.0 Å². The summed E-state index contributed by atoms with van der Waals surface area (Å²) in [4.78, 5) is 30.6. The zero-order chi connectivity index (χ0) is 23.4. The Labute approximate surface area is 195 Å². The summed E-state index contributed by atoms with van der Waals surface area (Å²) in [5.41, 5.74) is 3.27. The van der Waals surface area contributed by atoms with Gasteiger partial charge in [0.1, 0.15) is 11.4 Å². The van der Waals surface area contributed by atoms with Gasteiger partial charge in [0.2, 0.25) is 0 Å². The van der Waals surface area contributed by atoms with Crippen LogP contribution in [0, 0.1) is 5.92 Å². The molecule has 4 rings (SSSR count). The van der Waals surface area contributed by atoms with Gasteiger partial charge >= 0.3 is 0 Å². The van der Waals surface area contributed by atoms with E-state index in [1.807, 2.05) is 60.4 Å². The largest absolute Gasteiger partial charge is 0.494 e. The Bertz CT molecular complexity index is 1030. The van der Waals surface area contributed by atoms with E-state index in [2.05, 4.69) is 6.92 Å². The smallest absolute Gasteiger partial charge is 0.282 e. The van der Waals surface area contributed by atoms with Crippen LogP contribution in [-0.2, 0) is 16.0 Å². The number of anilines is 1. The Morgan fingerprint density at radius 2 is 1.73 bits per heavy atom.